The molecule has 82 valence electrons. The van der Waals surface area contributed by atoms with Crippen LogP contribution in [-0.2, 0) is 4.79 Å². The van der Waals surface area contributed by atoms with E-state index in [0.29, 0.717) is 12.4 Å². The third-order valence-electron chi connectivity index (χ3n) is 4.06. The van der Waals surface area contributed by atoms with Gasteiger partial charge in [-0.2, -0.15) is 0 Å². The Balaban J connectivity index is 2.66. The zero-order valence-electron chi connectivity index (χ0n) is 9.72. The van der Waals surface area contributed by atoms with Crippen molar-refractivity contribution < 1.29 is 4.79 Å². The van der Waals surface area contributed by atoms with E-state index in [1.54, 1.807) is 4.90 Å². The SMILES string of the molecule is CN(CCCl)C(=O)C1C(C)(C)C1(C)C. The van der Waals surface area contributed by atoms with Gasteiger partial charge in [-0.3, -0.25) is 4.79 Å². The van der Waals surface area contributed by atoms with Gasteiger partial charge in [-0.1, -0.05) is 27.7 Å². The van der Waals surface area contributed by atoms with Crippen molar-refractivity contribution in [2.75, 3.05) is 19.5 Å². The van der Waals surface area contributed by atoms with E-state index in [-0.39, 0.29) is 22.7 Å². The molecule has 1 rings (SSSR count). The summed E-state index contributed by atoms with van der Waals surface area (Å²) >= 11 is 5.61. The molecule has 0 aliphatic heterocycles. The van der Waals surface area contributed by atoms with Crippen LogP contribution in [0.25, 0.3) is 0 Å². The Morgan fingerprint density at radius 1 is 1.29 bits per heavy atom. The molecule has 1 aliphatic carbocycles. The van der Waals surface area contributed by atoms with Crippen LogP contribution in [0.1, 0.15) is 27.7 Å². The van der Waals surface area contributed by atoms with Gasteiger partial charge in [0.05, 0.1) is 0 Å². The Labute approximate surface area is 91.6 Å². The highest BCUT2D eigenvalue weighted by Gasteiger charge is 2.68. The lowest BCUT2D eigenvalue weighted by Crippen LogP contribution is -2.31. The van der Waals surface area contributed by atoms with E-state index in [9.17, 15) is 4.79 Å². The molecule has 0 saturated heterocycles. The molecule has 3 heteroatoms. The highest BCUT2D eigenvalue weighted by atomic mass is 35.5. The highest BCUT2D eigenvalue weighted by Crippen LogP contribution is 2.68. The second kappa shape index (κ2) is 3.41. The predicted octanol–water partition coefficient (Wildman–Crippen LogP) is 2.37. The van der Waals surface area contributed by atoms with Crippen LogP contribution in [0, 0.1) is 16.7 Å². The molecular weight excluding hydrogens is 198 g/mol. The number of amides is 1. The van der Waals surface area contributed by atoms with E-state index in [1.807, 2.05) is 7.05 Å². The first-order valence-corrected chi connectivity index (χ1v) is 5.61. The lowest BCUT2D eigenvalue weighted by atomic mass is 10.0. The maximum atomic E-state index is 12.0. The number of alkyl halides is 1. The molecule has 0 radical (unpaired) electrons. The van der Waals surface area contributed by atoms with Crippen molar-refractivity contribution >= 4 is 17.5 Å². The third-order valence-corrected chi connectivity index (χ3v) is 4.23. The number of hydrogen-bond acceptors (Lipinski definition) is 1. The van der Waals surface area contributed by atoms with Crippen LogP contribution >= 0.6 is 11.6 Å². The van der Waals surface area contributed by atoms with Crippen molar-refractivity contribution in [2.24, 2.45) is 16.7 Å². The number of nitrogens with zero attached hydrogens (tertiary/aromatic N) is 1. The first-order chi connectivity index (χ1) is 6.26. The predicted molar refractivity (Wildman–Crippen MR) is 59.4 cm³/mol. The minimum absolute atomic E-state index is 0.130. The van der Waals surface area contributed by atoms with E-state index < -0.39 is 0 Å². The van der Waals surface area contributed by atoms with Crippen LogP contribution in [-0.4, -0.2) is 30.3 Å². The normalized spacial score (nSPS) is 23.3. The summed E-state index contributed by atoms with van der Waals surface area (Å²) in [4.78, 5) is 13.7. The van der Waals surface area contributed by atoms with Gasteiger partial charge in [-0.25, -0.2) is 0 Å². The molecule has 1 aliphatic rings. The van der Waals surface area contributed by atoms with Crippen LogP contribution in [0.4, 0.5) is 0 Å². The first kappa shape index (κ1) is 11.8. The zero-order valence-corrected chi connectivity index (χ0v) is 10.5. The van der Waals surface area contributed by atoms with Crippen molar-refractivity contribution in [1.29, 1.82) is 0 Å². The molecular formula is C11H20ClNO. The topological polar surface area (TPSA) is 20.3 Å². The summed E-state index contributed by atoms with van der Waals surface area (Å²) in [7, 11) is 1.83. The van der Waals surface area contributed by atoms with Crippen molar-refractivity contribution in [3.05, 3.63) is 0 Å². The molecule has 0 unspecified atom stereocenters. The Bertz CT molecular complexity index is 234. The van der Waals surface area contributed by atoms with E-state index in [0.717, 1.165) is 0 Å². The van der Waals surface area contributed by atoms with Crippen molar-refractivity contribution in [3.8, 4) is 0 Å². The molecule has 14 heavy (non-hydrogen) atoms. The van der Waals surface area contributed by atoms with Crippen molar-refractivity contribution in [1.82, 2.24) is 4.90 Å². The lowest BCUT2D eigenvalue weighted by Gasteiger charge is -2.16. The van der Waals surface area contributed by atoms with Gasteiger partial charge < -0.3 is 4.90 Å². The Morgan fingerprint density at radius 3 is 2.00 bits per heavy atom. The largest absolute Gasteiger partial charge is 0.344 e. The molecule has 1 fully saturated rings. The molecule has 2 nitrogen and oxygen atoms in total. The number of carbonyl (C=O) groups is 1. The number of rotatable bonds is 3. The van der Waals surface area contributed by atoms with Crippen LogP contribution in [0.2, 0.25) is 0 Å². The summed E-state index contributed by atoms with van der Waals surface area (Å²) in [6, 6.07) is 0. The maximum absolute atomic E-state index is 12.0. The minimum atomic E-state index is 0.130. The van der Waals surface area contributed by atoms with Gasteiger partial charge in [0.15, 0.2) is 0 Å². The van der Waals surface area contributed by atoms with Crippen molar-refractivity contribution in [3.63, 3.8) is 0 Å². The molecule has 0 bridgehead atoms. The van der Waals surface area contributed by atoms with E-state index in [4.69, 9.17) is 11.6 Å². The summed E-state index contributed by atoms with van der Waals surface area (Å²) in [6.45, 7) is 9.27. The minimum Gasteiger partial charge on any atom is -0.344 e. The molecule has 1 saturated carbocycles. The first-order valence-electron chi connectivity index (χ1n) is 5.07. The molecule has 1 amide bonds. The third kappa shape index (κ3) is 1.54. The second-order valence-electron chi connectivity index (χ2n) is 5.33. The summed E-state index contributed by atoms with van der Waals surface area (Å²) in [5, 5.41) is 0. The van der Waals surface area contributed by atoms with Gasteiger partial charge in [0.25, 0.3) is 0 Å². The number of hydrogen-bond donors (Lipinski definition) is 0. The molecule has 0 atom stereocenters. The number of carbonyl (C=O) groups excluding carboxylic acids is 1. The molecule has 0 aromatic rings. The van der Waals surface area contributed by atoms with Gasteiger partial charge >= 0.3 is 0 Å². The summed E-state index contributed by atoms with van der Waals surface area (Å²) in [5.41, 5.74) is 0.259. The van der Waals surface area contributed by atoms with Crippen LogP contribution in [0.15, 0.2) is 0 Å². The Morgan fingerprint density at radius 2 is 1.71 bits per heavy atom. The van der Waals surface area contributed by atoms with E-state index in [1.165, 1.54) is 0 Å². The quantitative estimate of drug-likeness (QED) is 0.665. The fourth-order valence-corrected chi connectivity index (χ4v) is 2.52. The van der Waals surface area contributed by atoms with Gasteiger partial charge in [0.2, 0.25) is 5.91 Å². The van der Waals surface area contributed by atoms with E-state index in [2.05, 4.69) is 27.7 Å². The number of halogens is 1. The average molecular weight is 218 g/mol. The fraction of sp³-hybridized carbons (Fsp3) is 0.909. The maximum Gasteiger partial charge on any atom is 0.226 e. The fourth-order valence-electron chi connectivity index (χ4n) is 2.27. The standard InChI is InChI=1S/C11H20ClNO/c1-10(2)8(11(10,3)4)9(14)13(5)7-6-12/h8H,6-7H2,1-5H3. The lowest BCUT2D eigenvalue weighted by molar-refractivity contribution is -0.132. The summed E-state index contributed by atoms with van der Waals surface area (Å²) in [5.74, 6) is 0.902. The average Bonchev–Trinajstić information content (AvgIpc) is 2.42. The molecule has 0 heterocycles. The second-order valence-corrected chi connectivity index (χ2v) is 5.70. The van der Waals surface area contributed by atoms with Crippen LogP contribution in [0.5, 0.6) is 0 Å². The molecule has 0 spiro atoms. The van der Waals surface area contributed by atoms with Crippen LogP contribution < -0.4 is 0 Å². The van der Waals surface area contributed by atoms with Gasteiger partial charge in [0, 0.05) is 25.4 Å². The monoisotopic (exact) mass is 217 g/mol. The van der Waals surface area contributed by atoms with Gasteiger partial charge in [-0.05, 0) is 10.8 Å². The van der Waals surface area contributed by atoms with Crippen LogP contribution in [0.3, 0.4) is 0 Å². The highest BCUT2D eigenvalue weighted by molar-refractivity contribution is 6.18. The zero-order chi connectivity index (χ0) is 11.1. The van der Waals surface area contributed by atoms with Crippen molar-refractivity contribution in [2.45, 2.75) is 27.7 Å². The Hall–Kier alpha value is -0.240. The van der Waals surface area contributed by atoms with Gasteiger partial charge in [0.1, 0.15) is 0 Å². The smallest absolute Gasteiger partial charge is 0.226 e. The molecule has 0 aromatic carbocycles. The van der Waals surface area contributed by atoms with E-state index >= 15 is 0 Å². The summed E-state index contributed by atoms with van der Waals surface area (Å²) < 4.78 is 0. The Kier molecular flexibility index (Phi) is 2.88. The summed E-state index contributed by atoms with van der Waals surface area (Å²) in [6.07, 6.45) is 0. The van der Waals surface area contributed by atoms with Gasteiger partial charge in [-0.15, -0.1) is 11.6 Å². The molecule has 0 N–H and O–H groups in total. The molecule has 0 aromatic heterocycles.